The summed E-state index contributed by atoms with van der Waals surface area (Å²) in [6.07, 6.45) is 2.10. The number of carbonyl (C=O) groups is 2. The van der Waals surface area contributed by atoms with Crippen molar-refractivity contribution in [1.82, 2.24) is 15.1 Å². The maximum atomic E-state index is 12.6. The Bertz CT molecular complexity index is 1000. The highest BCUT2D eigenvalue weighted by molar-refractivity contribution is 6.01. The molecule has 30 heavy (non-hydrogen) atoms. The first kappa shape index (κ1) is 19.7. The summed E-state index contributed by atoms with van der Waals surface area (Å²) in [5.41, 5.74) is 3.72. The second kappa shape index (κ2) is 8.82. The predicted molar refractivity (Wildman–Crippen MR) is 113 cm³/mol. The van der Waals surface area contributed by atoms with Crippen LogP contribution >= 0.6 is 0 Å². The zero-order valence-electron chi connectivity index (χ0n) is 16.9. The number of urea groups is 1. The van der Waals surface area contributed by atoms with Crippen molar-refractivity contribution >= 4 is 18.0 Å². The SMILES string of the molecule is Cc1ccccc1CN1CCN2C(C(=O)NCCc3ccccc3)=COC2=NC1=O. The molecule has 2 aromatic carbocycles. The lowest BCUT2D eigenvalue weighted by Crippen LogP contribution is -2.38. The molecule has 154 valence electrons. The third-order valence-electron chi connectivity index (χ3n) is 5.25. The zero-order chi connectivity index (χ0) is 20.9. The van der Waals surface area contributed by atoms with E-state index in [1.807, 2.05) is 61.5 Å². The van der Waals surface area contributed by atoms with E-state index in [-0.39, 0.29) is 18.0 Å². The highest BCUT2D eigenvalue weighted by Gasteiger charge is 2.33. The Morgan fingerprint density at radius 2 is 1.87 bits per heavy atom. The molecule has 0 spiro atoms. The van der Waals surface area contributed by atoms with E-state index in [0.717, 1.165) is 23.1 Å². The molecule has 2 aliphatic heterocycles. The topological polar surface area (TPSA) is 74.2 Å². The van der Waals surface area contributed by atoms with Crippen LogP contribution in [0, 0.1) is 6.92 Å². The molecule has 0 aromatic heterocycles. The zero-order valence-corrected chi connectivity index (χ0v) is 16.9. The summed E-state index contributed by atoms with van der Waals surface area (Å²) in [6.45, 7) is 3.88. The van der Waals surface area contributed by atoms with Gasteiger partial charge < -0.3 is 15.0 Å². The molecule has 2 aliphatic rings. The summed E-state index contributed by atoms with van der Waals surface area (Å²) in [4.78, 5) is 32.6. The second-order valence-corrected chi connectivity index (χ2v) is 7.29. The summed E-state index contributed by atoms with van der Waals surface area (Å²) < 4.78 is 5.43. The third-order valence-corrected chi connectivity index (χ3v) is 5.25. The maximum absolute atomic E-state index is 12.6. The molecule has 0 radical (unpaired) electrons. The molecule has 2 heterocycles. The maximum Gasteiger partial charge on any atom is 0.348 e. The van der Waals surface area contributed by atoms with Gasteiger partial charge in [0, 0.05) is 26.2 Å². The average molecular weight is 404 g/mol. The summed E-state index contributed by atoms with van der Waals surface area (Å²) in [7, 11) is 0. The minimum Gasteiger partial charge on any atom is -0.431 e. The van der Waals surface area contributed by atoms with Crippen LogP contribution in [0.15, 0.2) is 71.5 Å². The van der Waals surface area contributed by atoms with Crippen LogP contribution in [0.5, 0.6) is 0 Å². The fraction of sp³-hybridized carbons (Fsp3) is 0.261. The molecular formula is C23H24N4O3. The Hall–Kier alpha value is -3.61. The number of fused-ring (bicyclic) bond motifs is 1. The summed E-state index contributed by atoms with van der Waals surface area (Å²) in [5, 5.41) is 2.91. The second-order valence-electron chi connectivity index (χ2n) is 7.29. The fourth-order valence-electron chi connectivity index (χ4n) is 3.48. The molecule has 0 saturated carbocycles. The van der Waals surface area contributed by atoms with Gasteiger partial charge in [-0.25, -0.2) is 4.79 Å². The number of nitrogens with zero attached hydrogens (tertiary/aromatic N) is 3. The first-order valence-electron chi connectivity index (χ1n) is 10.0. The first-order chi connectivity index (χ1) is 14.6. The van der Waals surface area contributed by atoms with Gasteiger partial charge in [0.15, 0.2) is 0 Å². The fourth-order valence-corrected chi connectivity index (χ4v) is 3.48. The van der Waals surface area contributed by atoms with Crippen molar-refractivity contribution in [2.24, 2.45) is 4.99 Å². The number of benzene rings is 2. The van der Waals surface area contributed by atoms with Gasteiger partial charge in [-0.3, -0.25) is 9.69 Å². The van der Waals surface area contributed by atoms with Gasteiger partial charge in [0.2, 0.25) is 0 Å². The van der Waals surface area contributed by atoms with Crippen LogP contribution in [0.1, 0.15) is 16.7 Å². The minimum absolute atomic E-state index is 0.153. The van der Waals surface area contributed by atoms with Crippen LogP contribution in [0.4, 0.5) is 4.79 Å². The van der Waals surface area contributed by atoms with Crippen LogP contribution in [-0.4, -0.2) is 47.4 Å². The Labute approximate surface area is 175 Å². The highest BCUT2D eigenvalue weighted by atomic mass is 16.5. The van der Waals surface area contributed by atoms with Crippen LogP contribution < -0.4 is 5.32 Å². The molecule has 4 rings (SSSR count). The van der Waals surface area contributed by atoms with E-state index in [9.17, 15) is 9.59 Å². The van der Waals surface area contributed by atoms with Gasteiger partial charge in [-0.15, -0.1) is 4.99 Å². The van der Waals surface area contributed by atoms with Gasteiger partial charge in [0.05, 0.1) is 0 Å². The van der Waals surface area contributed by atoms with Crippen LogP contribution in [-0.2, 0) is 22.5 Å². The van der Waals surface area contributed by atoms with Crippen LogP contribution in [0.25, 0.3) is 0 Å². The number of ether oxygens (including phenoxy) is 1. The van der Waals surface area contributed by atoms with Crippen molar-refractivity contribution in [2.45, 2.75) is 19.9 Å². The van der Waals surface area contributed by atoms with E-state index in [0.29, 0.717) is 31.9 Å². The van der Waals surface area contributed by atoms with Gasteiger partial charge in [-0.2, -0.15) is 0 Å². The average Bonchev–Trinajstić information content (AvgIpc) is 3.08. The smallest absolute Gasteiger partial charge is 0.348 e. The Morgan fingerprint density at radius 1 is 1.10 bits per heavy atom. The van der Waals surface area contributed by atoms with Crippen LogP contribution in [0.2, 0.25) is 0 Å². The number of hydrogen-bond acceptors (Lipinski definition) is 4. The van der Waals surface area contributed by atoms with E-state index in [1.165, 1.54) is 6.26 Å². The van der Waals surface area contributed by atoms with Crippen LogP contribution in [0.3, 0.4) is 0 Å². The lowest BCUT2D eigenvalue weighted by molar-refractivity contribution is -0.118. The Kier molecular flexibility index (Phi) is 5.79. The van der Waals surface area contributed by atoms with E-state index >= 15 is 0 Å². The molecule has 3 amide bonds. The predicted octanol–water partition coefficient (Wildman–Crippen LogP) is 2.82. The minimum atomic E-state index is -0.366. The molecule has 0 aliphatic carbocycles. The molecule has 0 fully saturated rings. The van der Waals surface area contributed by atoms with Crippen molar-refractivity contribution in [2.75, 3.05) is 19.6 Å². The molecule has 0 bridgehead atoms. The summed E-state index contributed by atoms with van der Waals surface area (Å²) in [5.74, 6) is -0.240. The summed E-state index contributed by atoms with van der Waals surface area (Å²) >= 11 is 0. The lowest BCUT2D eigenvalue weighted by Gasteiger charge is -2.22. The van der Waals surface area contributed by atoms with E-state index in [4.69, 9.17) is 4.74 Å². The van der Waals surface area contributed by atoms with Crippen molar-refractivity contribution < 1.29 is 14.3 Å². The van der Waals surface area contributed by atoms with Crippen molar-refractivity contribution in [3.63, 3.8) is 0 Å². The molecule has 7 heteroatoms. The van der Waals surface area contributed by atoms with Crippen molar-refractivity contribution in [3.8, 4) is 0 Å². The molecular weight excluding hydrogens is 380 g/mol. The Morgan fingerprint density at radius 3 is 2.67 bits per heavy atom. The number of aliphatic imine (C=N–C) groups is 1. The molecule has 7 nitrogen and oxygen atoms in total. The number of nitrogens with one attached hydrogen (secondary N) is 1. The van der Waals surface area contributed by atoms with Gasteiger partial charge in [-0.1, -0.05) is 54.6 Å². The molecule has 1 N–H and O–H groups in total. The molecule has 0 atom stereocenters. The quantitative estimate of drug-likeness (QED) is 0.804. The normalized spacial score (nSPS) is 15.7. The number of hydrogen-bond donors (Lipinski definition) is 1. The lowest BCUT2D eigenvalue weighted by atomic mass is 10.1. The van der Waals surface area contributed by atoms with E-state index in [1.54, 1.807) is 9.80 Å². The van der Waals surface area contributed by atoms with Gasteiger partial charge in [0.1, 0.15) is 12.0 Å². The summed E-state index contributed by atoms with van der Waals surface area (Å²) in [6, 6.07) is 17.7. The molecule has 0 saturated heterocycles. The number of rotatable bonds is 6. The number of aryl methyl sites for hydroxylation is 1. The van der Waals surface area contributed by atoms with Gasteiger partial charge in [0.25, 0.3) is 5.91 Å². The highest BCUT2D eigenvalue weighted by Crippen LogP contribution is 2.20. The molecule has 0 unspecified atom stereocenters. The standard InChI is InChI=1S/C23H24N4O3/c1-17-7-5-6-10-19(17)15-26-13-14-27-20(16-30-23(27)25-22(26)29)21(28)24-12-11-18-8-3-2-4-9-18/h2-10,16H,11-15H2,1H3,(H,24,28). The van der Waals surface area contributed by atoms with Gasteiger partial charge in [-0.05, 0) is 30.0 Å². The van der Waals surface area contributed by atoms with E-state index < -0.39 is 0 Å². The number of carbonyl (C=O) groups excluding carboxylic acids is 2. The largest absolute Gasteiger partial charge is 0.431 e. The van der Waals surface area contributed by atoms with Gasteiger partial charge >= 0.3 is 12.1 Å². The number of amidine groups is 1. The third kappa shape index (κ3) is 4.35. The number of amides is 3. The van der Waals surface area contributed by atoms with Crippen molar-refractivity contribution in [3.05, 3.63) is 83.2 Å². The van der Waals surface area contributed by atoms with Crippen molar-refractivity contribution in [1.29, 1.82) is 0 Å². The first-order valence-corrected chi connectivity index (χ1v) is 10.0. The monoisotopic (exact) mass is 404 g/mol. The molecule has 2 aromatic rings. The Balaban J connectivity index is 1.37. The van der Waals surface area contributed by atoms with E-state index in [2.05, 4.69) is 10.3 Å².